The molecule has 4 nitrogen and oxygen atoms in total. The Morgan fingerprint density at radius 3 is 2.33 bits per heavy atom. The minimum atomic E-state index is -0.370. The van der Waals surface area contributed by atoms with Gasteiger partial charge in [-0.3, -0.25) is 10.1 Å². The molecule has 0 radical (unpaired) electrons. The van der Waals surface area contributed by atoms with Crippen molar-refractivity contribution in [3.05, 3.63) is 94.0 Å². The van der Waals surface area contributed by atoms with Crippen LogP contribution in [0.4, 0.5) is 5.69 Å². The van der Waals surface area contributed by atoms with Crippen LogP contribution < -0.4 is 4.74 Å². The van der Waals surface area contributed by atoms with Crippen molar-refractivity contribution in [2.45, 2.75) is 13.5 Å². The topological polar surface area (TPSA) is 52.4 Å². The standard InChI is InChI=1S/C20H17NO3/c1-15-7-9-17(10-8-15)19-12-11-18(13-20(19)21(22)23)24-14-16-5-3-2-4-6-16/h2-13H,14H2,1H3. The molecule has 0 aliphatic heterocycles. The lowest BCUT2D eigenvalue weighted by atomic mass is 10.0. The number of hydrogen-bond donors (Lipinski definition) is 0. The van der Waals surface area contributed by atoms with E-state index in [1.165, 1.54) is 6.07 Å². The highest BCUT2D eigenvalue weighted by atomic mass is 16.6. The van der Waals surface area contributed by atoms with E-state index in [0.717, 1.165) is 16.7 Å². The van der Waals surface area contributed by atoms with Gasteiger partial charge < -0.3 is 4.74 Å². The SMILES string of the molecule is Cc1ccc(-c2ccc(OCc3ccccc3)cc2[N+](=O)[O-])cc1. The summed E-state index contributed by atoms with van der Waals surface area (Å²) in [4.78, 5) is 11.1. The lowest BCUT2D eigenvalue weighted by Crippen LogP contribution is -1.97. The average Bonchev–Trinajstić information content (AvgIpc) is 2.61. The Bertz CT molecular complexity index is 843. The predicted octanol–water partition coefficient (Wildman–Crippen LogP) is 5.15. The fraction of sp³-hybridized carbons (Fsp3) is 0.100. The molecular formula is C20H17NO3. The van der Waals surface area contributed by atoms with Gasteiger partial charge in [0, 0.05) is 0 Å². The molecule has 0 unspecified atom stereocenters. The zero-order chi connectivity index (χ0) is 16.9. The van der Waals surface area contributed by atoms with Gasteiger partial charge in [0.25, 0.3) is 5.69 Å². The third-order valence-electron chi connectivity index (χ3n) is 3.78. The van der Waals surface area contributed by atoms with Crippen LogP contribution in [0.25, 0.3) is 11.1 Å². The van der Waals surface area contributed by atoms with Crippen LogP contribution in [-0.2, 0) is 6.61 Å². The average molecular weight is 319 g/mol. The number of benzene rings is 3. The Balaban J connectivity index is 1.87. The summed E-state index contributed by atoms with van der Waals surface area (Å²) in [6, 6.07) is 22.4. The molecule has 4 heteroatoms. The third kappa shape index (κ3) is 3.60. The molecule has 0 spiro atoms. The Morgan fingerprint density at radius 2 is 1.67 bits per heavy atom. The minimum absolute atomic E-state index is 0.0458. The molecule has 120 valence electrons. The fourth-order valence-electron chi connectivity index (χ4n) is 2.47. The predicted molar refractivity (Wildman–Crippen MR) is 94.0 cm³/mol. The first kappa shape index (κ1) is 15.7. The van der Waals surface area contributed by atoms with Crippen molar-refractivity contribution < 1.29 is 9.66 Å². The summed E-state index contributed by atoms with van der Waals surface area (Å²) in [7, 11) is 0. The highest BCUT2D eigenvalue weighted by Crippen LogP contribution is 2.33. The van der Waals surface area contributed by atoms with Crippen molar-refractivity contribution in [3.8, 4) is 16.9 Å². The van der Waals surface area contributed by atoms with Crippen LogP contribution in [-0.4, -0.2) is 4.92 Å². The number of ether oxygens (including phenoxy) is 1. The van der Waals surface area contributed by atoms with Crippen LogP contribution in [0, 0.1) is 17.0 Å². The molecule has 0 fully saturated rings. The van der Waals surface area contributed by atoms with E-state index in [0.29, 0.717) is 17.9 Å². The molecular weight excluding hydrogens is 302 g/mol. The zero-order valence-corrected chi connectivity index (χ0v) is 13.3. The zero-order valence-electron chi connectivity index (χ0n) is 13.3. The van der Waals surface area contributed by atoms with E-state index in [1.807, 2.05) is 61.5 Å². The van der Waals surface area contributed by atoms with Gasteiger partial charge in [-0.05, 0) is 30.2 Å². The van der Waals surface area contributed by atoms with E-state index >= 15 is 0 Å². The van der Waals surface area contributed by atoms with Gasteiger partial charge in [0.05, 0.1) is 16.6 Å². The maximum Gasteiger partial charge on any atom is 0.280 e. The minimum Gasteiger partial charge on any atom is -0.489 e. The summed E-state index contributed by atoms with van der Waals surface area (Å²) in [6.45, 7) is 2.36. The first-order chi connectivity index (χ1) is 11.6. The van der Waals surface area contributed by atoms with E-state index in [1.54, 1.807) is 12.1 Å². The van der Waals surface area contributed by atoms with Crippen molar-refractivity contribution in [1.29, 1.82) is 0 Å². The number of nitro groups is 1. The molecule has 3 aromatic rings. The van der Waals surface area contributed by atoms with Crippen LogP contribution in [0.5, 0.6) is 5.75 Å². The summed E-state index contributed by atoms with van der Waals surface area (Å²) < 4.78 is 5.69. The second-order valence-electron chi connectivity index (χ2n) is 5.58. The van der Waals surface area contributed by atoms with Crippen LogP contribution in [0.3, 0.4) is 0 Å². The largest absolute Gasteiger partial charge is 0.489 e. The van der Waals surface area contributed by atoms with E-state index in [-0.39, 0.29) is 10.6 Å². The molecule has 0 atom stereocenters. The van der Waals surface area contributed by atoms with Crippen molar-refractivity contribution >= 4 is 5.69 Å². The number of rotatable bonds is 5. The molecule has 0 amide bonds. The number of nitro benzene ring substituents is 1. The molecule has 24 heavy (non-hydrogen) atoms. The highest BCUT2D eigenvalue weighted by Gasteiger charge is 2.16. The van der Waals surface area contributed by atoms with Crippen molar-refractivity contribution in [2.24, 2.45) is 0 Å². The molecule has 0 aromatic heterocycles. The molecule has 3 aromatic carbocycles. The summed E-state index contributed by atoms with van der Waals surface area (Å²) in [5.74, 6) is 0.487. The smallest absolute Gasteiger partial charge is 0.280 e. The van der Waals surface area contributed by atoms with Crippen LogP contribution in [0.2, 0.25) is 0 Å². The van der Waals surface area contributed by atoms with Crippen LogP contribution in [0.15, 0.2) is 72.8 Å². The number of aryl methyl sites for hydroxylation is 1. The second kappa shape index (κ2) is 6.96. The maximum absolute atomic E-state index is 11.4. The summed E-state index contributed by atoms with van der Waals surface area (Å²) >= 11 is 0. The highest BCUT2D eigenvalue weighted by molar-refractivity contribution is 5.74. The molecule has 0 aliphatic rings. The normalized spacial score (nSPS) is 10.4. The first-order valence-electron chi connectivity index (χ1n) is 7.66. The van der Waals surface area contributed by atoms with Gasteiger partial charge in [-0.1, -0.05) is 60.2 Å². The van der Waals surface area contributed by atoms with E-state index < -0.39 is 0 Å². The quantitative estimate of drug-likeness (QED) is 0.483. The Hall–Kier alpha value is -3.14. The molecule has 0 N–H and O–H groups in total. The summed E-state index contributed by atoms with van der Waals surface area (Å²) in [6.07, 6.45) is 0. The third-order valence-corrected chi connectivity index (χ3v) is 3.78. The Morgan fingerprint density at radius 1 is 0.958 bits per heavy atom. The van der Waals surface area contributed by atoms with Gasteiger partial charge in [0.15, 0.2) is 0 Å². The van der Waals surface area contributed by atoms with Gasteiger partial charge in [-0.15, -0.1) is 0 Å². The summed E-state index contributed by atoms with van der Waals surface area (Å²) in [5.41, 5.74) is 3.59. The maximum atomic E-state index is 11.4. The second-order valence-corrected chi connectivity index (χ2v) is 5.58. The number of hydrogen-bond acceptors (Lipinski definition) is 3. The van der Waals surface area contributed by atoms with Crippen LogP contribution >= 0.6 is 0 Å². The lowest BCUT2D eigenvalue weighted by Gasteiger charge is -2.09. The van der Waals surface area contributed by atoms with E-state index in [9.17, 15) is 10.1 Å². The van der Waals surface area contributed by atoms with Crippen molar-refractivity contribution in [3.63, 3.8) is 0 Å². The lowest BCUT2D eigenvalue weighted by molar-refractivity contribution is -0.384. The van der Waals surface area contributed by atoms with Crippen molar-refractivity contribution in [1.82, 2.24) is 0 Å². The van der Waals surface area contributed by atoms with E-state index in [2.05, 4.69) is 0 Å². The van der Waals surface area contributed by atoms with Gasteiger partial charge in [0.1, 0.15) is 12.4 Å². The van der Waals surface area contributed by atoms with Gasteiger partial charge in [0.2, 0.25) is 0 Å². The monoisotopic (exact) mass is 319 g/mol. The molecule has 0 bridgehead atoms. The van der Waals surface area contributed by atoms with Gasteiger partial charge in [-0.2, -0.15) is 0 Å². The first-order valence-corrected chi connectivity index (χ1v) is 7.66. The van der Waals surface area contributed by atoms with Crippen LogP contribution in [0.1, 0.15) is 11.1 Å². The molecule has 0 saturated carbocycles. The number of nitrogens with zero attached hydrogens (tertiary/aromatic N) is 1. The molecule has 3 rings (SSSR count). The van der Waals surface area contributed by atoms with Gasteiger partial charge in [-0.25, -0.2) is 0 Å². The molecule has 0 heterocycles. The van der Waals surface area contributed by atoms with Crippen molar-refractivity contribution in [2.75, 3.05) is 0 Å². The fourth-order valence-corrected chi connectivity index (χ4v) is 2.47. The van der Waals surface area contributed by atoms with E-state index in [4.69, 9.17) is 4.74 Å². The summed E-state index contributed by atoms with van der Waals surface area (Å²) in [5, 5.41) is 11.4. The Kier molecular flexibility index (Phi) is 4.57. The van der Waals surface area contributed by atoms with Gasteiger partial charge >= 0.3 is 0 Å². The molecule has 0 aliphatic carbocycles. The Labute approximate surface area is 140 Å². The molecule has 0 saturated heterocycles.